The Bertz CT molecular complexity index is 15.5. The van der Waals surface area contributed by atoms with Crippen molar-refractivity contribution in [2.24, 2.45) is 0 Å². The van der Waals surface area contributed by atoms with E-state index in [0.29, 0.717) is 0 Å². The Morgan fingerprint density at radius 1 is 1.00 bits per heavy atom. The van der Waals surface area contributed by atoms with E-state index in [0.717, 1.165) is 0 Å². The van der Waals surface area contributed by atoms with Gasteiger partial charge in [0.1, 0.15) is 0 Å². The molecule has 0 spiro atoms. The van der Waals surface area contributed by atoms with Gasteiger partial charge in [-0.2, -0.15) is 0 Å². The Morgan fingerprint density at radius 3 is 1.00 bits per heavy atom. The molecule has 0 atom stereocenters. The maximum Gasteiger partial charge on any atom is 0 e. The maximum atomic E-state index is 7.17. The second-order valence-corrected chi connectivity index (χ2v) is 0.346. The molecule has 6 heteroatoms. The van der Waals surface area contributed by atoms with Crippen LogP contribution in [0.25, 0.3) is 0 Å². The molecule has 0 aromatic rings. The molecular formula is H6BGaLaO3. The third-order valence-corrected chi connectivity index (χ3v) is 0. The monoisotopic (exact) mass is 273 g/mol. The van der Waals surface area contributed by atoms with E-state index >= 15 is 0 Å². The molecule has 0 rings (SSSR count). The van der Waals surface area contributed by atoms with Crippen LogP contribution in [0.2, 0.25) is 0 Å². The van der Waals surface area contributed by atoms with Crippen LogP contribution in [0.3, 0.4) is 0 Å². The molecule has 1 radical (unpaired) electrons. The first kappa shape index (κ1) is 15.7. The maximum absolute atomic E-state index is 7.17. The van der Waals surface area contributed by atoms with E-state index in [4.69, 9.17) is 15.1 Å². The van der Waals surface area contributed by atoms with Crippen LogP contribution in [0, 0.1) is 35.6 Å². The fraction of sp³-hybridized carbons (Fsp3) is 0. The molecule has 0 aromatic carbocycles. The summed E-state index contributed by atoms with van der Waals surface area (Å²) in [4.78, 5) is 0. The topological polar surface area (TPSA) is 60.7 Å². The van der Waals surface area contributed by atoms with Crippen molar-refractivity contribution in [2.45, 2.75) is 0 Å². The van der Waals surface area contributed by atoms with Gasteiger partial charge in [-0.25, -0.2) is 0 Å². The van der Waals surface area contributed by atoms with Gasteiger partial charge in [0.05, 0.1) is 0 Å². The Morgan fingerprint density at radius 2 is 1.00 bits per heavy atom. The molecule has 0 unspecified atom stereocenters. The predicted molar refractivity (Wildman–Crippen MR) is 22.3 cm³/mol. The predicted octanol–water partition coefficient (Wildman–Crippen LogP) is -3.24. The SMILES string of the molecule is OB(O)O.[GaH3].[La]. The number of rotatable bonds is 0. The Balaban J connectivity index is -0.0000000450. The summed E-state index contributed by atoms with van der Waals surface area (Å²) in [6.45, 7) is 0. The van der Waals surface area contributed by atoms with E-state index < -0.39 is 7.32 Å². The zero-order chi connectivity index (χ0) is 3.58. The van der Waals surface area contributed by atoms with Crippen molar-refractivity contribution in [2.75, 3.05) is 0 Å². The van der Waals surface area contributed by atoms with E-state index in [-0.39, 0.29) is 55.4 Å². The molecule has 0 bridgehead atoms. The molecule has 0 aliphatic carbocycles. The molecule has 0 aliphatic heterocycles. The van der Waals surface area contributed by atoms with Crippen LogP contribution in [-0.2, 0) is 0 Å². The van der Waals surface area contributed by atoms with Crippen LogP contribution < -0.4 is 0 Å². The molecular weight excluding hydrogens is 267 g/mol. The molecule has 6 heavy (non-hydrogen) atoms. The molecule has 0 fully saturated rings. The van der Waals surface area contributed by atoms with E-state index in [1.807, 2.05) is 0 Å². The first-order chi connectivity index (χ1) is 1.73. The fourth-order valence-corrected chi connectivity index (χ4v) is 0. The third-order valence-electron chi connectivity index (χ3n) is 0. The van der Waals surface area contributed by atoms with Crippen molar-refractivity contribution in [3.63, 3.8) is 0 Å². The van der Waals surface area contributed by atoms with Crippen molar-refractivity contribution in [3.05, 3.63) is 0 Å². The Labute approximate surface area is 77.0 Å². The second kappa shape index (κ2) is 9.91. The van der Waals surface area contributed by atoms with Crippen molar-refractivity contribution in [3.8, 4) is 0 Å². The summed E-state index contributed by atoms with van der Waals surface area (Å²) < 4.78 is 0. The Kier molecular flexibility index (Phi) is 25.9. The average molecular weight is 273 g/mol. The third kappa shape index (κ3) is 41.8. The summed E-state index contributed by atoms with van der Waals surface area (Å²) in [6, 6.07) is 0. The first-order valence-corrected chi connectivity index (χ1v) is 0.775. The number of hydrogen-bond acceptors (Lipinski definition) is 3. The quantitative estimate of drug-likeness (QED) is 0.407. The summed E-state index contributed by atoms with van der Waals surface area (Å²) in [5.41, 5.74) is 0. The van der Waals surface area contributed by atoms with Gasteiger partial charge in [0.25, 0.3) is 0 Å². The molecule has 0 saturated heterocycles. The molecule has 0 aromatic heterocycles. The Hall–Kier alpha value is 1.78. The van der Waals surface area contributed by atoms with Gasteiger partial charge in [0.2, 0.25) is 0 Å². The van der Waals surface area contributed by atoms with Gasteiger partial charge < -0.3 is 15.1 Å². The zero-order valence-corrected chi connectivity index (χ0v) is 6.12. The molecule has 33 valence electrons. The van der Waals surface area contributed by atoms with Gasteiger partial charge in [0, 0.05) is 35.6 Å². The van der Waals surface area contributed by atoms with Crippen LogP contribution in [0.4, 0.5) is 0 Å². The minimum absolute atomic E-state index is 0. The second-order valence-electron chi connectivity index (χ2n) is 0.346. The van der Waals surface area contributed by atoms with E-state index in [9.17, 15) is 0 Å². The zero-order valence-electron chi connectivity index (χ0n) is 2.50. The summed E-state index contributed by atoms with van der Waals surface area (Å²) in [5.74, 6) is 0. The van der Waals surface area contributed by atoms with Gasteiger partial charge in [-0.15, -0.1) is 0 Å². The molecule has 0 amide bonds. The molecule has 0 heterocycles. The molecule has 0 saturated carbocycles. The van der Waals surface area contributed by atoms with Crippen molar-refractivity contribution < 1.29 is 50.7 Å². The van der Waals surface area contributed by atoms with Crippen LogP contribution in [0.15, 0.2) is 0 Å². The van der Waals surface area contributed by atoms with Crippen molar-refractivity contribution in [1.82, 2.24) is 0 Å². The van der Waals surface area contributed by atoms with E-state index in [1.165, 1.54) is 0 Å². The number of hydrogen-bond donors (Lipinski definition) is 3. The average Bonchev–Trinajstić information content (AvgIpc) is 0.811. The smallest absolute Gasteiger partial charge is 0 e. The summed E-state index contributed by atoms with van der Waals surface area (Å²) >= 11 is 0. The van der Waals surface area contributed by atoms with Crippen LogP contribution in [0.5, 0.6) is 0 Å². The first-order valence-electron chi connectivity index (χ1n) is 0.775. The van der Waals surface area contributed by atoms with Crippen molar-refractivity contribution in [1.29, 1.82) is 0 Å². The molecule has 3 nitrogen and oxygen atoms in total. The normalized spacial score (nSPS) is 4.50. The standard InChI is InChI=1S/BH3O3.Ga.La.3H/c2-1(3)4;;;;;/h2-4H;;;;;. The van der Waals surface area contributed by atoms with Gasteiger partial charge in [-0.05, 0) is 0 Å². The van der Waals surface area contributed by atoms with Crippen LogP contribution in [0.1, 0.15) is 0 Å². The fourth-order valence-electron chi connectivity index (χ4n) is 0. The molecule has 3 N–H and O–H groups in total. The van der Waals surface area contributed by atoms with Crippen LogP contribution >= 0.6 is 0 Å². The van der Waals surface area contributed by atoms with E-state index in [1.54, 1.807) is 0 Å². The largest absolute Gasteiger partial charge is 0 e. The van der Waals surface area contributed by atoms with Gasteiger partial charge >= 0.3 is 27.1 Å². The van der Waals surface area contributed by atoms with Gasteiger partial charge in [-0.1, -0.05) is 0 Å². The van der Waals surface area contributed by atoms with E-state index in [2.05, 4.69) is 0 Å². The van der Waals surface area contributed by atoms with Gasteiger partial charge in [0.15, 0.2) is 0 Å². The minimum Gasteiger partial charge on any atom is 0 e. The van der Waals surface area contributed by atoms with Crippen LogP contribution in [-0.4, -0.2) is 42.2 Å². The molecule has 0 aliphatic rings. The minimum atomic E-state index is -2.17. The summed E-state index contributed by atoms with van der Waals surface area (Å²) in [6.07, 6.45) is 0. The summed E-state index contributed by atoms with van der Waals surface area (Å²) in [5, 5.41) is 21.5. The summed E-state index contributed by atoms with van der Waals surface area (Å²) in [7, 11) is -2.17. The van der Waals surface area contributed by atoms with Crippen molar-refractivity contribution >= 4 is 27.1 Å². The van der Waals surface area contributed by atoms with Gasteiger partial charge in [-0.3, -0.25) is 0 Å².